The van der Waals surface area contributed by atoms with Gasteiger partial charge >= 0.3 is 6.18 Å². The van der Waals surface area contributed by atoms with Crippen LogP contribution in [0.5, 0.6) is 5.75 Å². The van der Waals surface area contributed by atoms with E-state index in [1.54, 1.807) is 11.8 Å². The van der Waals surface area contributed by atoms with Crippen LogP contribution >= 0.6 is 0 Å². The van der Waals surface area contributed by atoms with E-state index in [1.165, 1.54) is 17.7 Å². The summed E-state index contributed by atoms with van der Waals surface area (Å²) in [5.41, 5.74) is 3.27. The summed E-state index contributed by atoms with van der Waals surface area (Å²) in [5, 5.41) is 8.00. The molecule has 0 bridgehead atoms. The van der Waals surface area contributed by atoms with Crippen LogP contribution in [0.4, 0.5) is 19.0 Å². The highest BCUT2D eigenvalue weighted by atomic mass is 19.4. The zero-order chi connectivity index (χ0) is 19.7. The first-order chi connectivity index (χ1) is 13.5. The summed E-state index contributed by atoms with van der Waals surface area (Å²) < 4.78 is 45.3. The molecule has 146 valence electrons. The maximum Gasteiger partial charge on any atom is 0.416 e. The highest BCUT2D eigenvalue weighted by Gasteiger charge is 2.30. The summed E-state index contributed by atoms with van der Waals surface area (Å²) in [6.07, 6.45) is -1.87. The monoisotopic (exact) mass is 387 g/mol. The fraction of sp³-hybridized carbons (Fsp3) is 0.286. The van der Waals surface area contributed by atoms with Gasteiger partial charge in [0, 0.05) is 12.1 Å². The number of methoxy groups -OCH3 is 1. The third-order valence-corrected chi connectivity index (χ3v) is 4.98. The minimum absolute atomic E-state index is 0.620. The summed E-state index contributed by atoms with van der Waals surface area (Å²) in [5.74, 6) is 1.70. The van der Waals surface area contributed by atoms with E-state index >= 15 is 0 Å². The SMILES string of the molecule is COc1ccc(CCc2nn(-c3ccc(C(F)(F)F)cc3)c3c2CCN3)cc1. The fourth-order valence-electron chi connectivity index (χ4n) is 3.48. The molecule has 0 saturated carbocycles. The lowest BCUT2D eigenvalue weighted by atomic mass is 10.1. The van der Waals surface area contributed by atoms with Crippen molar-refractivity contribution in [3.63, 3.8) is 0 Å². The van der Waals surface area contributed by atoms with Crippen LogP contribution < -0.4 is 10.1 Å². The lowest BCUT2D eigenvalue weighted by Crippen LogP contribution is -2.07. The first-order valence-corrected chi connectivity index (χ1v) is 9.11. The maximum absolute atomic E-state index is 12.8. The fourth-order valence-corrected chi connectivity index (χ4v) is 3.48. The van der Waals surface area contributed by atoms with E-state index < -0.39 is 11.7 Å². The highest BCUT2D eigenvalue weighted by molar-refractivity contribution is 5.57. The number of aryl methyl sites for hydroxylation is 2. The standard InChI is InChI=1S/C21H20F3N3O/c1-28-17-9-2-14(3-10-17)4-11-19-18-12-13-25-20(18)27(26-19)16-7-5-15(6-8-16)21(22,23)24/h2-3,5-10,25H,4,11-13H2,1H3. The molecule has 0 amide bonds. The van der Waals surface area contributed by atoms with Crippen molar-refractivity contribution < 1.29 is 17.9 Å². The third kappa shape index (κ3) is 3.56. The van der Waals surface area contributed by atoms with Gasteiger partial charge in [-0.25, -0.2) is 4.68 Å². The molecular formula is C21H20F3N3O. The van der Waals surface area contributed by atoms with Crippen molar-refractivity contribution in [2.75, 3.05) is 19.0 Å². The van der Waals surface area contributed by atoms with E-state index in [0.717, 1.165) is 60.8 Å². The van der Waals surface area contributed by atoms with Crippen molar-refractivity contribution in [3.8, 4) is 11.4 Å². The molecule has 0 atom stereocenters. The minimum atomic E-state index is -4.34. The highest BCUT2D eigenvalue weighted by Crippen LogP contribution is 2.32. The van der Waals surface area contributed by atoms with Crippen molar-refractivity contribution in [2.45, 2.75) is 25.4 Å². The van der Waals surface area contributed by atoms with Crippen molar-refractivity contribution >= 4 is 5.82 Å². The Bertz CT molecular complexity index is 960. The topological polar surface area (TPSA) is 39.1 Å². The zero-order valence-corrected chi connectivity index (χ0v) is 15.4. The molecule has 0 aliphatic carbocycles. The molecule has 2 heterocycles. The number of nitrogens with one attached hydrogen (secondary N) is 1. The molecule has 2 aromatic carbocycles. The zero-order valence-electron chi connectivity index (χ0n) is 15.4. The van der Waals surface area contributed by atoms with Crippen LogP contribution in [0.3, 0.4) is 0 Å². The normalized spacial score (nSPS) is 13.3. The molecule has 1 aliphatic rings. The minimum Gasteiger partial charge on any atom is -0.497 e. The van der Waals surface area contributed by atoms with Gasteiger partial charge in [0.15, 0.2) is 0 Å². The summed E-state index contributed by atoms with van der Waals surface area (Å²) in [6, 6.07) is 13.0. The number of benzene rings is 2. The van der Waals surface area contributed by atoms with Gasteiger partial charge in [0.05, 0.1) is 24.1 Å². The molecule has 1 aliphatic heterocycles. The number of hydrogen-bond acceptors (Lipinski definition) is 3. The number of alkyl halides is 3. The second kappa shape index (κ2) is 7.22. The average Bonchev–Trinajstić information content (AvgIpc) is 3.29. The van der Waals surface area contributed by atoms with Crippen LogP contribution in [0, 0.1) is 0 Å². The van der Waals surface area contributed by atoms with Crippen LogP contribution in [-0.4, -0.2) is 23.4 Å². The van der Waals surface area contributed by atoms with Crippen LogP contribution in [0.1, 0.15) is 22.4 Å². The summed E-state index contributed by atoms with van der Waals surface area (Å²) in [7, 11) is 1.64. The van der Waals surface area contributed by atoms with E-state index in [0.29, 0.717) is 5.69 Å². The Kier molecular flexibility index (Phi) is 4.75. The maximum atomic E-state index is 12.8. The second-order valence-corrected chi connectivity index (χ2v) is 6.76. The van der Waals surface area contributed by atoms with Crippen molar-refractivity contribution in [1.29, 1.82) is 0 Å². The molecule has 7 heteroatoms. The molecule has 0 spiro atoms. The second-order valence-electron chi connectivity index (χ2n) is 6.76. The van der Waals surface area contributed by atoms with Crippen LogP contribution in [0.15, 0.2) is 48.5 Å². The quantitative estimate of drug-likeness (QED) is 0.693. The Hall–Kier alpha value is -2.96. The Balaban J connectivity index is 1.57. The molecule has 0 fully saturated rings. The number of nitrogens with zero attached hydrogens (tertiary/aromatic N) is 2. The number of anilines is 1. The summed E-state index contributed by atoms with van der Waals surface area (Å²) in [4.78, 5) is 0. The summed E-state index contributed by atoms with van der Waals surface area (Å²) >= 11 is 0. The number of fused-ring (bicyclic) bond motifs is 1. The lowest BCUT2D eigenvalue weighted by molar-refractivity contribution is -0.137. The largest absolute Gasteiger partial charge is 0.497 e. The van der Waals surface area contributed by atoms with Gasteiger partial charge in [0.2, 0.25) is 0 Å². The van der Waals surface area contributed by atoms with Crippen molar-refractivity contribution in [2.24, 2.45) is 0 Å². The smallest absolute Gasteiger partial charge is 0.416 e. The van der Waals surface area contributed by atoms with Gasteiger partial charge in [-0.15, -0.1) is 0 Å². The van der Waals surface area contributed by atoms with E-state index in [4.69, 9.17) is 9.84 Å². The Morgan fingerprint density at radius 2 is 1.75 bits per heavy atom. The number of ether oxygens (including phenoxy) is 1. The number of hydrogen-bond donors (Lipinski definition) is 1. The van der Waals surface area contributed by atoms with Crippen molar-refractivity contribution in [1.82, 2.24) is 9.78 Å². The van der Waals surface area contributed by atoms with E-state index in [2.05, 4.69) is 5.32 Å². The third-order valence-electron chi connectivity index (χ3n) is 4.98. The Morgan fingerprint density at radius 1 is 1.04 bits per heavy atom. The van der Waals surface area contributed by atoms with E-state index in [9.17, 15) is 13.2 Å². The molecule has 28 heavy (non-hydrogen) atoms. The lowest BCUT2D eigenvalue weighted by Gasteiger charge is -2.09. The van der Waals surface area contributed by atoms with Gasteiger partial charge < -0.3 is 10.1 Å². The molecule has 4 nitrogen and oxygen atoms in total. The van der Waals surface area contributed by atoms with E-state index in [-0.39, 0.29) is 0 Å². The van der Waals surface area contributed by atoms with Gasteiger partial charge in [-0.05, 0) is 61.2 Å². The van der Waals surface area contributed by atoms with Gasteiger partial charge in [-0.3, -0.25) is 0 Å². The Morgan fingerprint density at radius 3 is 2.39 bits per heavy atom. The van der Waals surface area contributed by atoms with Crippen LogP contribution in [-0.2, 0) is 25.4 Å². The van der Waals surface area contributed by atoms with Gasteiger partial charge in [0.25, 0.3) is 0 Å². The van der Waals surface area contributed by atoms with Crippen molar-refractivity contribution in [3.05, 3.63) is 70.9 Å². The Labute approximate surface area is 160 Å². The molecule has 4 rings (SSSR count). The number of halogens is 3. The summed E-state index contributed by atoms with van der Waals surface area (Å²) in [6.45, 7) is 0.809. The number of rotatable bonds is 5. The molecule has 0 radical (unpaired) electrons. The van der Waals surface area contributed by atoms with Gasteiger partial charge in [-0.2, -0.15) is 18.3 Å². The molecule has 0 unspecified atom stereocenters. The van der Waals surface area contributed by atoms with Gasteiger partial charge in [-0.1, -0.05) is 12.1 Å². The van der Waals surface area contributed by atoms with Crippen LogP contribution in [0.25, 0.3) is 5.69 Å². The molecule has 1 aromatic heterocycles. The van der Waals surface area contributed by atoms with Crippen LogP contribution in [0.2, 0.25) is 0 Å². The first kappa shape index (κ1) is 18.4. The predicted molar refractivity (Wildman–Crippen MR) is 101 cm³/mol. The first-order valence-electron chi connectivity index (χ1n) is 9.11. The molecule has 3 aromatic rings. The molecule has 0 saturated heterocycles. The van der Waals surface area contributed by atoms with E-state index in [1.807, 2.05) is 24.3 Å². The molecule has 1 N–H and O–H groups in total. The predicted octanol–water partition coefficient (Wildman–Crippen LogP) is 4.65. The number of aromatic nitrogens is 2. The molecular weight excluding hydrogens is 367 g/mol. The van der Waals surface area contributed by atoms with Gasteiger partial charge in [0.1, 0.15) is 11.6 Å². The average molecular weight is 387 g/mol.